The molecule has 0 bridgehead atoms. The van der Waals surface area contributed by atoms with Crippen molar-refractivity contribution in [2.45, 2.75) is 57.6 Å². The first kappa shape index (κ1) is 22.7. The zero-order valence-electron chi connectivity index (χ0n) is 18.3. The molecular weight excluding hydrogens is 394 g/mol. The Bertz CT molecular complexity index is 941. The number of ether oxygens (including phenoxy) is 2. The summed E-state index contributed by atoms with van der Waals surface area (Å²) in [6.45, 7) is 6.87. The first-order valence-electron chi connectivity index (χ1n) is 10.3. The highest BCUT2D eigenvalue weighted by molar-refractivity contribution is 5.99. The Morgan fingerprint density at radius 2 is 1.77 bits per heavy atom. The van der Waals surface area contributed by atoms with Crippen molar-refractivity contribution in [2.24, 2.45) is 0 Å². The molecule has 1 heterocycles. The molecule has 2 aromatic carbocycles. The third kappa shape index (κ3) is 4.55. The van der Waals surface area contributed by atoms with Gasteiger partial charge in [-0.05, 0) is 38.8 Å². The molecule has 164 valence electrons. The number of cyclic esters (lactones) is 1. The molecule has 0 aliphatic carbocycles. The summed E-state index contributed by atoms with van der Waals surface area (Å²) >= 11 is 0. The Labute approximate surface area is 183 Å². The molecular formula is C25H29NO5. The van der Waals surface area contributed by atoms with Gasteiger partial charge in [0.15, 0.2) is 5.60 Å². The first-order valence-corrected chi connectivity index (χ1v) is 10.3. The van der Waals surface area contributed by atoms with Gasteiger partial charge in [0.05, 0.1) is 6.61 Å². The number of hydrogen-bond donors (Lipinski definition) is 1. The molecule has 31 heavy (non-hydrogen) atoms. The van der Waals surface area contributed by atoms with E-state index in [1.54, 1.807) is 26.8 Å². The van der Waals surface area contributed by atoms with Gasteiger partial charge in [0.1, 0.15) is 17.7 Å². The summed E-state index contributed by atoms with van der Waals surface area (Å²) in [5.41, 5.74) is -1.04. The van der Waals surface area contributed by atoms with Crippen LogP contribution in [0, 0.1) is 0 Å². The van der Waals surface area contributed by atoms with Gasteiger partial charge in [-0.3, -0.25) is 4.79 Å². The highest BCUT2D eigenvalue weighted by Gasteiger charge is 2.56. The summed E-state index contributed by atoms with van der Waals surface area (Å²) in [5, 5.41) is 10.8. The van der Waals surface area contributed by atoms with Crippen LogP contribution in [0.15, 0.2) is 72.8 Å². The summed E-state index contributed by atoms with van der Waals surface area (Å²) in [7, 11) is 0. The topological polar surface area (TPSA) is 76.1 Å². The van der Waals surface area contributed by atoms with E-state index in [-0.39, 0.29) is 6.61 Å². The van der Waals surface area contributed by atoms with Crippen molar-refractivity contribution >= 4 is 12.0 Å². The summed E-state index contributed by atoms with van der Waals surface area (Å²) < 4.78 is 11.6. The molecule has 1 saturated heterocycles. The maximum atomic E-state index is 13.8. The highest BCUT2D eigenvalue weighted by Crippen LogP contribution is 2.43. The third-order valence-corrected chi connectivity index (χ3v) is 5.54. The van der Waals surface area contributed by atoms with E-state index in [0.29, 0.717) is 0 Å². The monoisotopic (exact) mass is 423 g/mol. The fourth-order valence-corrected chi connectivity index (χ4v) is 3.82. The molecule has 3 atom stereocenters. The number of imide groups is 1. The van der Waals surface area contributed by atoms with Gasteiger partial charge in [-0.25, -0.2) is 9.69 Å². The summed E-state index contributed by atoms with van der Waals surface area (Å²) in [4.78, 5) is 27.7. The van der Waals surface area contributed by atoms with E-state index >= 15 is 0 Å². The predicted molar refractivity (Wildman–Crippen MR) is 117 cm³/mol. The second kappa shape index (κ2) is 9.04. The lowest BCUT2D eigenvalue weighted by atomic mass is 9.89. The molecule has 0 aromatic heterocycles. The standard InChI is InChI=1S/C25H29NO5/c1-5-12-20(27)25(4,30-17-18-13-8-6-9-14-18)22(28)26-21(19-15-10-7-11-16-19)24(2,3)31-23(26)29/h5-16,20-21,27H,17H2,1-4H3/b12-5-/t20-,21+,25-/m0/s1. The van der Waals surface area contributed by atoms with Gasteiger partial charge < -0.3 is 14.6 Å². The van der Waals surface area contributed by atoms with Crippen LogP contribution in [-0.4, -0.2) is 39.3 Å². The van der Waals surface area contributed by atoms with Crippen LogP contribution in [0.5, 0.6) is 0 Å². The highest BCUT2D eigenvalue weighted by atomic mass is 16.6. The lowest BCUT2D eigenvalue weighted by Crippen LogP contribution is -2.56. The number of allylic oxidation sites excluding steroid dienone is 1. The normalized spacial score (nSPS) is 21.0. The van der Waals surface area contributed by atoms with E-state index in [2.05, 4.69) is 0 Å². The summed E-state index contributed by atoms with van der Waals surface area (Å²) in [5.74, 6) is -0.654. The Morgan fingerprint density at radius 1 is 1.19 bits per heavy atom. The fraction of sp³-hybridized carbons (Fsp3) is 0.360. The molecule has 2 aromatic rings. The minimum absolute atomic E-state index is 0.0972. The summed E-state index contributed by atoms with van der Waals surface area (Å²) in [6.07, 6.45) is 1.10. The van der Waals surface area contributed by atoms with Crippen molar-refractivity contribution in [3.8, 4) is 0 Å². The van der Waals surface area contributed by atoms with Crippen molar-refractivity contribution in [3.63, 3.8) is 0 Å². The number of aliphatic hydroxyl groups excluding tert-OH is 1. The molecule has 6 nitrogen and oxygen atoms in total. The number of carbonyl (C=O) groups is 2. The Balaban J connectivity index is 1.99. The molecule has 2 amide bonds. The predicted octanol–water partition coefficient (Wildman–Crippen LogP) is 4.40. The van der Waals surface area contributed by atoms with E-state index in [4.69, 9.17) is 9.47 Å². The zero-order valence-corrected chi connectivity index (χ0v) is 18.3. The van der Waals surface area contributed by atoms with E-state index < -0.39 is 35.3 Å². The van der Waals surface area contributed by atoms with Gasteiger partial charge in [-0.2, -0.15) is 0 Å². The minimum Gasteiger partial charge on any atom is -0.440 e. The van der Waals surface area contributed by atoms with E-state index in [1.165, 1.54) is 13.0 Å². The average molecular weight is 424 g/mol. The van der Waals surface area contributed by atoms with Crippen molar-refractivity contribution < 1.29 is 24.2 Å². The van der Waals surface area contributed by atoms with Crippen LogP contribution in [-0.2, 0) is 20.9 Å². The minimum atomic E-state index is -1.70. The number of carbonyl (C=O) groups excluding carboxylic acids is 2. The van der Waals surface area contributed by atoms with Crippen molar-refractivity contribution in [1.82, 2.24) is 4.90 Å². The van der Waals surface area contributed by atoms with Crippen LogP contribution < -0.4 is 0 Å². The number of aliphatic hydroxyl groups is 1. The van der Waals surface area contributed by atoms with Gasteiger partial charge in [-0.1, -0.05) is 72.8 Å². The smallest absolute Gasteiger partial charge is 0.417 e. The molecule has 3 rings (SSSR count). The van der Waals surface area contributed by atoms with Crippen molar-refractivity contribution in [2.75, 3.05) is 0 Å². The fourth-order valence-electron chi connectivity index (χ4n) is 3.82. The molecule has 1 aliphatic heterocycles. The number of rotatable bonds is 7. The lowest BCUT2D eigenvalue weighted by Gasteiger charge is -2.36. The average Bonchev–Trinajstić information content (AvgIpc) is 3.00. The molecule has 1 N–H and O–H groups in total. The SMILES string of the molecule is C/C=C\[C@H](O)[C@](C)(OCc1ccccc1)C(=O)N1C(=O)OC(C)(C)[C@H]1c1ccccc1. The van der Waals surface area contributed by atoms with Gasteiger partial charge in [0.25, 0.3) is 5.91 Å². The van der Waals surface area contributed by atoms with Crippen LogP contribution >= 0.6 is 0 Å². The second-order valence-electron chi connectivity index (χ2n) is 8.31. The van der Waals surface area contributed by atoms with Crippen molar-refractivity contribution in [1.29, 1.82) is 0 Å². The van der Waals surface area contributed by atoms with Crippen LogP contribution in [0.4, 0.5) is 4.79 Å². The van der Waals surface area contributed by atoms with Gasteiger partial charge >= 0.3 is 6.09 Å². The molecule has 6 heteroatoms. The number of benzene rings is 2. The maximum Gasteiger partial charge on any atom is 0.417 e. The molecule has 0 radical (unpaired) electrons. The number of hydrogen-bond acceptors (Lipinski definition) is 5. The zero-order chi connectivity index (χ0) is 22.6. The van der Waals surface area contributed by atoms with Crippen LogP contribution in [0.3, 0.4) is 0 Å². The molecule has 0 saturated carbocycles. The Hall–Kier alpha value is -2.96. The molecule has 1 fully saturated rings. The maximum absolute atomic E-state index is 13.8. The molecule has 0 spiro atoms. The Kier molecular flexibility index (Phi) is 6.62. The molecule has 0 unspecified atom stereocenters. The van der Waals surface area contributed by atoms with E-state index in [9.17, 15) is 14.7 Å². The second-order valence-corrected chi connectivity index (χ2v) is 8.31. The van der Waals surface area contributed by atoms with Crippen LogP contribution in [0.1, 0.15) is 44.9 Å². The van der Waals surface area contributed by atoms with Gasteiger partial charge in [-0.15, -0.1) is 0 Å². The van der Waals surface area contributed by atoms with E-state index in [0.717, 1.165) is 16.0 Å². The van der Waals surface area contributed by atoms with Crippen molar-refractivity contribution in [3.05, 3.63) is 83.9 Å². The van der Waals surface area contributed by atoms with E-state index in [1.807, 2.05) is 60.7 Å². The number of amides is 2. The first-order chi connectivity index (χ1) is 14.7. The third-order valence-electron chi connectivity index (χ3n) is 5.54. The Morgan fingerprint density at radius 3 is 2.35 bits per heavy atom. The number of nitrogens with zero attached hydrogens (tertiary/aromatic N) is 1. The van der Waals surface area contributed by atoms with Crippen LogP contribution in [0.25, 0.3) is 0 Å². The largest absolute Gasteiger partial charge is 0.440 e. The van der Waals surface area contributed by atoms with Gasteiger partial charge in [0.2, 0.25) is 0 Å². The van der Waals surface area contributed by atoms with Crippen LogP contribution in [0.2, 0.25) is 0 Å². The summed E-state index contributed by atoms with van der Waals surface area (Å²) in [6, 6.07) is 17.9. The quantitative estimate of drug-likeness (QED) is 0.668. The lowest BCUT2D eigenvalue weighted by molar-refractivity contribution is -0.169. The van der Waals surface area contributed by atoms with Gasteiger partial charge in [0, 0.05) is 0 Å². The molecule has 1 aliphatic rings.